The van der Waals surface area contributed by atoms with Crippen LogP contribution < -0.4 is 14.5 Å². The van der Waals surface area contributed by atoms with Crippen molar-refractivity contribution in [2.24, 2.45) is 5.10 Å². The summed E-state index contributed by atoms with van der Waals surface area (Å²) in [6.45, 7) is 1.37. The van der Waals surface area contributed by atoms with Crippen LogP contribution in [0.25, 0.3) is 0 Å². The molecule has 0 saturated heterocycles. The average Bonchev–Trinajstić information content (AvgIpc) is 2.79. The number of nitrogens with one attached hydrogen (secondary N) is 1. The van der Waals surface area contributed by atoms with E-state index in [1.54, 1.807) is 74.7 Å². The normalized spacial score (nSPS) is 11.3. The zero-order valence-electron chi connectivity index (χ0n) is 17.2. The van der Waals surface area contributed by atoms with Crippen molar-refractivity contribution in [3.8, 4) is 5.75 Å². The summed E-state index contributed by atoms with van der Waals surface area (Å²) >= 11 is 0. The fourth-order valence-corrected chi connectivity index (χ4v) is 4.44. The number of amides is 1. The third kappa shape index (κ3) is 5.49. The van der Waals surface area contributed by atoms with Crippen LogP contribution in [-0.4, -0.2) is 34.2 Å². The van der Waals surface area contributed by atoms with Gasteiger partial charge < -0.3 is 4.74 Å². The average molecular weight is 438 g/mol. The molecular formula is C23H23N3O4S. The molecule has 0 aliphatic heterocycles. The lowest BCUT2D eigenvalue weighted by Crippen LogP contribution is -2.40. The van der Waals surface area contributed by atoms with Gasteiger partial charge in [-0.25, -0.2) is 13.8 Å². The van der Waals surface area contributed by atoms with E-state index in [-0.39, 0.29) is 4.90 Å². The molecule has 1 N–H and O–H groups in total. The second-order valence-corrected chi connectivity index (χ2v) is 8.54. The maximum atomic E-state index is 13.3. The van der Waals surface area contributed by atoms with Gasteiger partial charge in [-0.1, -0.05) is 48.5 Å². The highest BCUT2D eigenvalue weighted by molar-refractivity contribution is 7.92. The van der Waals surface area contributed by atoms with E-state index in [1.807, 2.05) is 6.07 Å². The Hall–Kier alpha value is -3.65. The second-order valence-electron chi connectivity index (χ2n) is 6.68. The van der Waals surface area contributed by atoms with Crippen molar-refractivity contribution >= 4 is 27.8 Å². The van der Waals surface area contributed by atoms with E-state index in [0.717, 1.165) is 15.4 Å². The Labute approximate surface area is 182 Å². The molecule has 0 fully saturated rings. The van der Waals surface area contributed by atoms with Crippen LogP contribution in [0.4, 0.5) is 5.69 Å². The number of rotatable bonds is 8. The smallest absolute Gasteiger partial charge is 0.264 e. The molecule has 7 nitrogen and oxygen atoms in total. The molecule has 0 unspecified atom stereocenters. The number of para-hydroxylation sites is 1. The third-order valence-electron chi connectivity index (χ3n) is 4.50. The number of hydrazone groups is 1. The summed E-state index contributed by atoms with van der Waals surface area (Å²) in [5.41, 5.74) is 4.28. The lowest BCUT2D eigenvalue weighted by molar-refractivity contribution is -0.119. The van der Waals surface area contributed by atoms with Gasteiger partial charge in [0.25, 0.3) is 15.9 Å². The number of carbonyl (C=O) groups is 1. The number of ether oxygens (including phenoxy) is 1. The predicted molar refractivity (Wildman–Crippen MR) is 121 cm³/mol. The number of hydrogen-bond donors (Lipinski definition) is 1. The van der Waals surface area contributed by atoms with E-state index in [9.17, 15) is 13.2 Å². The molecule has 31 heavy (non-hydrogen) atoms. The molecule has 0 atom stereocenters. The van der Waals surface area contributed by atoms with Gasteiger partial charge in [0.15, 0.2) is 0 Å². The van der Waals surface area contributed by atoms with E-state index in [0.29, 0.717) is 11.4 Å². The van der Waals surface area contributed by atoms with Crippen LogP contribution in [0.15, 0.2) is 88.9 Å². The highest BCUT2D eigenvalue weighted by atomic mass is 32.2. The molecule has 0 heterocycles. The van der Waals surface area contributed by atoms with Crippen LogP contribution in [0.3, 0.4) is 0 Å². The number of carbonyl (C=O) groups excluding carboxylic acids is 1. The molecule has 0 saturated carbocycles. The summed E-state index contributed by atoms with van der Waals surface area (Å²) in [5.74, 6) is 0.0943. The van der Waals surface area contributed by atoms with Gasteiger partial charge in [0.2, 0.25) is 0 Å². The fourth-order valence-electron chi connectivity index (χ4n) is 2.93. The molecule has 0 radical (unpaired) electrons. The Morgan fingerprint density at radius 1 is 1.03 bits per heavy atom. The summed E-state index contributed by atoms with van der Waals surface area (Å²) < 4.78 is 32.8. The monoisotopic (exact) mass is 437 g/mol. The van der Waals surface area contributed by atoms with Crippen molar-refractivity contribution < 1.29 is 17.9 Å². The summed E-state index contributed by atoms with van der Waals surface area (Å²) in [7, 11) is -2.39. The molecule has 3 aromatic carbocycles. The van der Waals surface area contributed by atoms with E-state index in [4.69, 9.17) is 4.74 Å². The van der Waals surface area contributed by atoms with Crippen molar-refractivity contribution in [1.29, 1.82) is 0 Å². The lowest BCUT2D eigenvalue weighted by Gasteiger charge is -2.25. The number of nitrogens with zero attached hydrogens (tertiary/aromatic N) is 2. The quantitative estimate of drug-likeness (QED) is 0.432. The minimum atomic E-state index is -3.95. The van der Waals surface area contributed by atoms with Gasteiger partial charge in [0.1, 0.15) is 12.3 Å². The Morgan fingerprint density at radius 3 is 2.45 bits per heavy atom. The third-order valence-corrected chi connectivity index (χ3v) is 6.27. The zero-order valence-corrected chi connectivity index (χ0v) is 18.0. The van der Waals surface area contributed by atoms with Gasteiger partial charge in [0.05, 0.1) is 23.9 Å². The highest BCUT2D eigenvalue weighted by Crippen LogP contribution is 2.26. The molecule has 0 aliphatic rings. The Balaban J connectivity index is 1.82. The number of benzene rings is 3. The predicted octanol–water partition coefficient (Wildman–Crippen LogP) is 3.35. The van der Waals surface area contributed by atoms with Crippen molar-refractivity contribution in [3.05, 3.63) is 90.0 Å². The highest BCUT2D eigenvalue weighted by Gasteiger charge is 2.27. The van der Waals surface area contributed by atoms with Gasteiger partial charge in [0, 0.05) is 0 Å². The van der Waals surface area contributed by atoms with Gasteiger partial charge >= 0.3 is 0 Å². The Kier molecular flexibility index (Phi) is 7.04. The molecule has 160 valence electrons. The minimum Gasteiger partial charge on any atom is -0.497 e. The number of hydrogen-bond acceptors (Lipinski definition) is 5. The number of methoxy groups -OCH3 is 1. The van der Waals surface area contributed by atoms with Crippen molar-refractivity contribution in [3.63, 3.8) is 0 Å². The van der Waals surface area contributed by atoms with Gasteiger partial charge in [-0.2, -0.15) is 5.10 Å². The largest absolute Gasteiger partial charge is 0.497 e. The molecule has 0 aromatic heterocycles. The Bertz CT molecular complexity index is 1180. The first-order valence-electron chi connectivity index (χ1n) is 9.51. The van der Waals surface area contributed by atoms with E-state index < -0.39 is 22.5 Å². The van der Waals surface area contributed by atoms with E-state index in [2.05, 4.69) is 10.5 Å². The molecule has 0 spiro atoms. The Morgan fingerprint density at radius 2 is 1.74 bits per heavy atom. The summed E-state index contributed by atoms with van der Waals surface area (Å²) in [4.78, 5) is 12.7. The number of sulfonamides is 1. The molecule has 0 aliphatic carbocycles. The van der Waals surface area contributed by atoms with E-state index >= 15 is 0 Å². The lowest BCUT2D eigenvalue weighted by atomic mass is 10.2. The van der Waals surface area contributed by atoms with Gasteiger partial charge in [-0.05, 0) is 48.4 Å². The maximum absolute atomic E-state index is 13.3. The zero-order chi connectivity index (χ0) is 22.3. The van der Waals surface area contributed by atoms with Crippen LogP contribution >= 0.6 is 0 Å². The standard InChI is InChI=1S/C23H23N3O4S/c1-18-9-6-7-14-22(18)26(31(28,29)21-12-4-3-5-13-21)17-23(27)25-24-16-19-10-8-11-20(15-19)30-2/h3-16H,17H2,1-2H3,(H,25,27)/b24-16+. The first-order valence-corrected chi connectivity index (χ1v) is 10.9. The van der Waals surface area contributed by atoms with Crippen molar-refractivity contribution in [1.82, 2.24) is 5.43 Å². The first kappa shape index (κ1) is 22.0. The van der Waals surface area contributed by atoms with Crippen LogP contribution in [0.2, 0.25) is 0 Å². The second kappa shape index (κ2) is 9.90. The summed E-state index contributed by atoms with van der Waals surface area (Å²) in [5, 5.41) is 3.94. The molecule has 1 amide bonds. The summed E-state index contributed by atoms with van der Waals surface area (Å²) in [6.07, 6.45) is 1.46. The number of anilines is 1. The molecule has 3 rings (SSSR count). The summed E-state index contributed by atoms with van der Waals surface area (Å²) in [6, 6.07) is 22.2. The van der Waals surface area contributed by atoms with Crippen LogP contribution in [0.5, 0.6) is 5.75 Å². The van der Waals surface area contributed by atoms with E-state index in [1.165, 1.54) is 18.3 Å². The minimum absolute atomic E-state index is 0.103. The van der Waals surface area contributed by atoms with Crippen LogP contribution in [-0.2, 0) is 14.8 Å². The van der Waals surface area contributed by atoms with Gasteiger partial charge in [-0.15, -0.1) is 0 Å². The molecular weight excluding hydrogens is 414 g/mol. The number of aryl methyl sites for hydroxylation is 1. The fraction of sp³-hybridized carbons (Fsp3) is 0.130. The van der Waals surface area contributed by atoms with Crippen molar-refractivity contribution in [2.45, 2.75) is 11.8 Å². The maximum Gasteiger partial charge on any atom is 0.264 e. The van der Waals surface area contributed by atoms with Crippen molar-refractivity contribution in [2.75, 3.05) is 18.0 Å². The topological polar surface area (TPSA) is 88.1 Å². The molecule has 3 aromatic rings. The molecule has 0 bridgehead atoms. The first-order chi connectivity index (χ1) is 14.9. The SMILES string of the molecule is COc1cccc(/C=N/NC(=O)CN(c2ccccc2C)S(=O)(=O)c2ccccc2)c1. The molecule has 8 heteroatoms. The van der Waals surface area contributed by atoms with Crippen LogP contribution in [0.1, 0.15) is 11.1 Å². The van der Waals surface area contributed by atoms with Gasteiger partial charge in [-0.3, -0.25) is 9.10 Å². The van der Waals surface area contributed by atoms with Crippen LogP contribution in [0, 0.1) is 6.92 Å².